The average molecular weight is 422 g/mol. The third kappa shape index (κ3) is 3.09. The van der Waals surface area contributed by atoms with Gasteiger partial charge < -0.3 is 4.57 Å². The molecule has 3 heterocycles. The molecule has 2 aliphatic rings. The summed E-state index contributed by atoms with van der Waals surface area (Å²) in [7, 11) is 1.89. The maximum atomic E-state index is 12.6. The van der Waals surface area contributed by atoms with Crippen molar-refractivity contribution in [2.45, 2.75) is 64.1 Å². The van der Waals surface area contributed by atoms with Crippen molar-refractivity contribution in [3.8, 4) is 0 Å². The van der Waals surface area contributed by atoms with E-state index in [9.17, 15) is 9.59 Å². The van der Waals surface area contributed by atoms with Crippen molar-refractivity contribution in [3.05, 3.63) is 62.6 Å². The summed E-state index contributed by atoms with van der Waals surface area (Å²) in [4.78, 5) is 34.9. The molecule has 2 atom stereocenters. The molecular weight excluding hydrogens is 390 g/mol. The minimum atomic E-state index is -0.368. The third-order valence-electron chi connectivity index (χ3n) is 7.49. The first-order valence-electron chi connectivity index (χ1n) is 11.5. The molecule has 3 aromatic rings. The number of H-pyrrole nitrogens is 1. The maximum absolute atomic E-state index is 12.6. The van der Waals surface area contributed by atoms with Gasteiger partial charge in [-0.15, -0.1) is 0 Å². The fraction of sp³-hybridized carbons (Fsp3) is 0.542. The molecule has 0 amide bonds. The zero-order valence-electron chi connectivity index (χ0n) is 18.4. The van der Waals surface area contributed by atoms with Crippen molar-refractivity contribution >= 4 is 11.2 Å². The van der Waals surface area contributed by atoms with Gasteiger partial charge in [0, 0.05) is 20.1 Å². The standard InChI is InChI=1S/C24H31N5O2/c1-3-4-14-29-21-20(22(30)26-23(29)31)27(2)19(25-21)16-28-15-18-12-8-9-13-24(18,28)17-10-6-5-7-11-17/h5-7,10-11,18H,3-4,8-9,12-16H2,1-2H3,(H,26,30,31)/t18-,24-/m0/s1. The molecule has 0 bridgehead atoms. The summed E-state index contributed by atoms with van der Waals surface area (Å²) in [6.07, 6.45) is 6.82. The van der Waals surface area contributed by atoms with Gasteiger partial charge in [-0.25, -0.2) is 9.78 Å². The normalized spacial score (nSPS) is 23.6. The first-order valence-corrected chi connectivity index (χ1v) is 11.5. The molecule has 1 aliphatic carbocycles. The second-order valence-corrected chi connectivity index (χ2v) is 9.14. The number of imidazole rings is 1. The Hall–Kier alpha value is -2.67. The predicted octanol–water partition coefficient (Wildman–Crippen LogP) is 3.12. The number of benzene rings is 1. The molecule has 2 aromatic heterocycles. The number of aromatic nitrogens is 4. The molecule has 5 rings (SSSR count). The summed E-state index contributed by atoms with van der Waals surface area (Å²) in [5.41, 5.74) is 1.72. The van der Waals surface area contributed by atoms with Gasteiger partial charge in [0.05, 0.1) is 12.1 Å². The van der Waals surface area contributed by atoms with Crippen LogP contribution in [0, 0.1) is 5.92 Å². The maximum Gasteiger partial charge on any atom is 0.330 e. The second kappa shape index (κ2) is 7.79. The number of fused-ring (bicyclic) bond motifs is 2. The van der Waals surface area contributed by atoms with Crippen LogP contribution in [0.4, 0.5) is 0 Å². The quantitative estimate of drug-likeness (QED) is 0.664. The molecular formula is C24H31N5O2. The van der Waals surface area contributed by atoms with Crippen LogP contribution in [0.15, 0.2) is 39.9 Å². The molecule has 7 nitrogen and oxygen atoms in total. The molecule has 0 radical (unpaired) electrons. The van der Waals surface area contributed by atoms with Gasteiger partial charge >= 0.3 is 5.69 Å². The van der Waals surface area contributed by atoms with Crippen molar-refractivity contribution in [3.63, 3.8) is 0 Å². The van der Waals surface area contributed by atoms with Crippen molar-refractivity contribution in [2.75, 3.05) is 6.54 Å². The highest BCUT2D eigenvalue weighted by Gasteiger charge is 2.54. The molecule has 1 aromatic carbocycles. The Morgan fingerprint density at radius 2 is 2.00 bits per heavy atom. The van der Waals surface area contributed by atoms with Gasteiger partial charge in [0.2, 0.25) is 0 Å². The van der Waals surface area contributed by atoms with Crippen LogP contribution in [0.25, 0.3) is 11.2 Å². The van der Waals surface area contributed by atoms with Gasteiger partial charge in [-0.2, -0.15) is 0 Å². The lowest BCUT2D eigenvalue weighted by atomic mass is 9.62. The smallest absolute Gasteiger partial charge is 0.324 e. The largest absolute Gasteiger partial charge is 0.330 e. The number of hydrogen-bond donors (Lipinski definition) is 1. The Morgan fingerprint density at radius 1 is 1.19 bits per heavy atom. The molecule has 7 heteroatoms. The van der Waals surface area contributed by atoms with E-state index in [1.807, 2.05) is 11.6 Å². The number of aryl methyl sites for hydroxylation is 2. The van der Waals surface area contributed by atoms with E-state index < -0.39 is 0 Å². The molecule has 164 valence electrons. The number of aromatic amines is 1. The first kappa shape index (κ1) is 20.2. The summed E-state index contributed by atoms with van der Waals surface area (Å²) in [6.45, 7) is 4.39. The molecule has 1 N–H and O–H groups in total. The number of hydrogen-bond acceptors (Lipinski definition) is 4. The van der Waals surface area contributed by atoms with E-state index in [1.165, 1.54) is 24.8 Å². The van der Waals surface area contributed by atoms with Crippen molar-refractivity contribution in [1.82, 2.24) is 24.0 Å². The van der Waals surface area contributed by atoms with Crippen LogP contribution in [0.5, 0.6) is 0 Å². The van der Waals surface area contributed by atoms with E-state index in [1.54, 1.807) is 4.57 Å². The number of nitrogens with zero attached hydrogens (tertiary/aromatic N) is 4. The Balaban J connectivity index is 1.55. The molecule has 2 fully saturated rings. The molecule has 1 saturated carbocycles. The van der Waals surface area contributed by atoms with Gasteiger partial charge in [-0.3, -0.25) is 19.2 Å². The van der Waals surface area contributed by atoms with Gasteiger partial charge in [-0.05, 0) is 30.7 Å². The van der Waals surface area contributed by atoms with Crippen LogP contribution in [-0.2, 0) is 25.7 Å². The minimum absolute atomic E-state index is 0.0615. The zero-order chi connectivity index (χ0) is 21.6. The van der Waals surface area contributed by atoms with Gasteiger partial charge in [0.1, 0.15) is 5.82 Å². The highest BCUT2D eigenvalue weighted by Crippen LogP contribution is 2.54. The van der Waals surface area contributed by atoms with E-state index in [-0.39, 0.29) is 16.8 Å². The van der Waals surface area contributed by atoms with Crippen molar-refractivity contribution in [1.29, 1.82) is 0 Å². The highest BCUT2D eigenvalue weighted by molar-refractivity contribution is 5.70. The Bertz CT molecular complexity index is 1210. The van der Waals surface area contributed by atoms with Crippen LogP contribution < -0.4 is 11.2 Å². The number of unbranched alkanes of at least 4 members (excludes halogenated alkanes) is 1. The highest BCUT2D eigenvalue weighted by atomic mass is 16.2. The zero-order valence-corrected chi connectivity index (χ0v) is 18.4. The van der Waals surface area contributed by atoms with E-state index >= 15 is 0 Å². The summed E-state index contributed by atoms with van der Waals surface area (Å²) in [6, 6.07) is 10.9. The SMILES string of the molecule is CCCCn1c(=O)[nH]c(=O)c2c1nc(CN1C[C@@H]3CCCC[C@]31c1ccccc1)n2C. The summed E-state index contributed by atoms with van der Waals surface area (Å²) >= 11 is 0. The Labute approximate surface area is 181 Å². The molecule has 1 aliphatic heterocycles. The van der Waals surface area contributed by atoms with Crippen molar-refractivity contribution < 1.29 is 0 Å². The fourth-order valence-electron chi connectivity index (χ4n) is 5.83. The predicted molar refractivity (Wildman–Crippen MR) is 121 cm³/mol. The van der Waals surface area contributed by atoms with Crippen LogP contribution in [0.2, 0.25) is 0 Å². The lowest BCUT2D eigenvalue weighted by Gasteiger charge is -2.61. The second-order valence-electron chi connectivity index (χ2n) is 9.14. The van der Waals surface area contributed by atoms with Gasteiger partial charge in [-0.1, -0.05) is 56.5 Å². The fourth-order valence-corrected chi connectivity index (χ4v) is 5.83. The van der Waals surface area contributed by atoms with E-state index in [0.29, 0.717) is 30.2 Å². The summed E-state index contributed by atoms with van der Waals surface area (Å²) in [5.74, 6) is 1.51. The van der Waals surface area contributed by atoms with Crippen LogP contribution in [0.3, 0.4) is 0 Å². The van der Waals surface area contributed by atoms with Crippen LogP contribution >= 0.6 is 0 Å². The Morgan fingerprint density at radius 3 is 2.74 bits per heavy atom. The van der Waals surface area contributed by atoms with E-state index in [2.05, 4.69) is 47.1 Å². The lowest BCUT2D eigenvalue weighted by molar-refractivity contribution is -0.122. The Kier molecular flexibility index (Phi) is 5.08. The van der Waals surface area contributed by atoms with Gasteiger partial charge in [0.15, 0.2) is 11.2 Å². The molecule has 31 heavy (non-hydrogen) atoms. The van der Waals surface area contributed by atoms with E-state index in [4.69, 9.17) is 4.98 Å². The molecule has 0 spiro atoms. The van der Waals surface area contributed by atoms with Crippen molar-refractivity contribution in [2.24, 2.45) is 13.0 Å². The first-order chi connectivity index (χ1) is 15.1. The van der Waals surface area contributed by atoms with E-state index in [0.717, 1.165) is 31.6 Å². The van der Waals surface area contributed by atoms with Crippen LogP contribution in [-0.4, -0.2) is 30.5 Å². The number of nitrogens with one attached hydrogen (secondary N) is 1. The number of rotatable bonds is 6. The monoisotopic (exact) mass is 421 g/mol. The number of likely N-dealkylation sites (tertiary alicyclic amines) is 1. The topological polar surface area (TPSA) is 75.9 Å². The average Bonchev–Trinajstić information content (AvgIpc) is 3.09. The summed E-state index contributed by atoms with van der Waals surface area (Å²) in [5, 5.41) is 0. The minimum Gasteiger partial charge on any atom is -0.324 e. The summed E-state index contributed by atoms with van der Waals surface area (Å²) < 4.78 is 3.50. The van der Waals surface area contributed by atoms with Crippen LogP contribution in [0.1, 0.15) is 56.8 Å². The molecule has 1 saturated heterocycles. The lowest BCUT2D eigenvalue weighted by Crippen LogP contribution is -2.65. The molecule has 0 unspecified atom stereocenters. The third-order valence-corrected chi connectivity index (χ3v) is 7.49. The van der Waals surface area contributed by atoms with Gasteiger partial charge in [0.25, 0.3) is 5.56 Å².